The Morgan fingerprint density at radius 2 is 1.90 bits per heavy atom. The van der Waals surface area contributed by atoms with Gasteiger partial charge in [0, 0.05) is 17.6 Å². The SMILES string of the molecule is NC(Cc1ccc(O)cc1)C(=O)Nc1cccc(C(NCC(=O)O)C2C=CC=CC2)c1. The molecule has 1 amide bonds. The summed E-state index contributed by atoms with van der Waals surface area (Å²) in [4.78, 5) is 23.7. The standard InChI is InChI=1S/C24H27N3O4/c25-21(13-16-9-11-20(28)12-10-16)24(31)27-19-8-4-7-18(14-19)23(26-15-22(29)30)17-5-2-1-3-6-17/h1-5,7-12,14,17,21,23,26,28H,6,13,15,25H2,(H,27,31)(H,29,30). The summed E-state index contributed by atoms with van der Waals surface area (Å²) in [6.45, 7) is -0.160. The maximum Gasteiger partial charge on any atom is 0.317 e. The number of hydrogen-bond donors (Lipinski definition) is 5. The summed E-state index contributed by atoms with van der Waals surface area (Å²) in [5, 5.41) is 24.4. The number of anilines is 1. The Kier molecular flexibility index (Phi) is 7.59. The van der Waals surface area contributed by atoms with E-state index in [-0.39, 0.29) is 30.2 Å². The van der Waals surface area contributed by atoms with E-state index < -0.39 is 12.0 Å². The second kappa shape index (κ2) is 10.6. The fourth-order valence-corrected chi connectivity index (χ4v) is 3.58. The highest BCUT2D eigenvalue weighted by Crippen LogP contribution is 2.29. The molecule has 162 valence electrons. The Balaban J connectivity index is 1.70. The lowest BCUT2D eigenvalue weighted by atomic mass is 9.87. The summed E-state index contributed by atoms with van der Waals surface area (Å²) in [6.07, 6.45) is 9.16. The molecule has 0 saturated heterocycles. The number of aromatic hydroxyl groups is 1. The summed E-state index contributed by atoms with van der Waals surface area (Å²) >= 11 is 0. The Hall–Kier alpha value is -3.42. The van der Waals surface area contributed by atoms with E-state index >= 15 is 0 Å². The molecule has 0 radical (unpaired) electrons. The Bertz CT molecular complexity index is 969. The zero-order chi connectivity index (χ0) is 22.2. The maximum atomic E-state index is 12.6. The van der Waals surface area contributed by atoms with Crippen LogP contribution in [-0.4, -0.2) is 34.7 Å². The first-order valence-corrected chi connectivity index (χ1v) is 10.1. The van der Waals surface area contributed by atoms with E-state index in [2.05, 4.69) is 16.7 Å². The second-order valence-electron chi connectivity index (χ2n) is 7.56. The molecule has 3 rings (SSSR count). The molecule has 1 aliphatic rings. The number of amides is 1. The van der Waals surface area contributed by atoms with Crippen LogP contribution >= 0.6 is 0 Å². The van der Waals surface area contributed by atoms with Gasteiger partial charge in [-0.2, -0.15) is 0 Å². The van der Waals surface area contributed by atoms with Crippen molar-refractivity contribution in [2.75, 3.05) is 11.9 Å². The fraction of sp³-hybridized carbons (Fsp3) is 0.250. The minimum atomic E-state index is -0.926. The first-order valence-electron chi connectivity index (χ1n) is 10.1. The largest absolute Gasteiger partial charge is 0.508 e. The molecule has 7 heteroatoms. The zero-order valence-electron chi connectivity index (χ0n) is 17.1. The predicted molar refractivity (Wildman–Crippen MR) is 120 cm³/mol. The fourth-order valence-electron chi connectivity index (χ4n) is 3.58. The van der Waals surface area contributed by atoms with E-state index in [1.54, 1.807) is 30.3 Å². The van der Waals surface area contributed by atoms with Gasteiger partial charge < -0.3 is 21.3 Å². The molecule has 0 aliphatic heterocycles. The van der Waals surface area contributed by atoms with Crippen LogP contribution in [0.4, 0.5) is 5.69 Å². The van der Waals surface area contributed by atoms with Crippen molar-refractivity contribution >= 4 is 17.6 Å². The van der Waals surface area contributed by atoms with Gasteiger partial charge in [0.15, 0.2) is 0 Å². The Labute approximate surface area is 181 Å². The lowest BCUT2D eigenvalue weighted by Crippen LogP contribution is -2.37. The van der Waals surface area contributed by atoms with E-state index in [1.807, 2.05) is 36.4 Å². The summed E-state index contributed by atoms with van der Waals surface area (Å²) in [5.74, 6) is -0.981. The van der Waals surface area contributed by atoms with Crippen molar-refractivity contribution < 1.29 is 19.8 Å². The number of carbonyl (C=O) groups is 2. The van der Waals surface area contributed by atoms with Gasteiger partial charge >= 0.3 is 5.97 Å². The lowest BCUT2D eigenvalue weighted by molar-refractivity contribution is -0.136. The molecule has 31 heavy (non-hydrogen) atoms. The molecular formula is C24H27N3O4. The van der Waals surface area contributed by atoms with Crippen LogP contribution in [-0.2, 0) is 16.0 Å². The van der Waals surface area contributed by atoms with Gasteiger partial charge in [-0.25, -0.2) is 0 Å². The highest BCUT2D eigenvalue weighted by molar-refractivity contribution is 5.94. The molecule has 3 atom stereocenters. The number of hydrogen-bond acceptors (Lipinski definition) is 5. The number of nitrogens with one attached hydrogen (secondary N) is 2. The number of carboxylic acid groups (broad SMARTS) is 1. The normalized spacial score (nSPS) is 17.1. The van der Waals surface area contributed by atoms with Crippen molar-refractivity contribution in [3.8, 4) is 5.75 Å². The molecule has 0 heterocycles. The predicted octanol–water partition coefficient (Wildman–Crippen LogP) is 2.75. The van der Waals surface area contributed by atoms with Crippen LogP contribution in [0.3, 0.4) is 0 Å². The number of carboxylic acids is 1. The average molecular weight is 421 g/mol. The topological polar surface area (TPSA) is 125 Å². The molecule has 0 aromatic heterocycles. The van der Waals surface area contributed by atoms with E-state index in [4.69, 9.17) is 10.8 Å². The van der Waals surface area contributed by atoms with Crippen LogP contribution in [0.25, 0.3) is 0 Å². The summed E-state index contributed by atoms with van der Waals surface area (Å²) in [7, 11) is 0. The lowest BCUT2D eigenvalue weighted by Gasteiger charge is -2.27. The van der Waals surface area contributed by atoms with Gasteiger partial charge in [-0.15, -0.1) is 0 Å². The summed E-state index contributed by atoms with van der Waals surface area (Å²) < 4.78 is 0. The molecule has 3 unspecified atom stereocenters. The molecule has 6 N–H and O–H groups in total. The number of benzene rings is 2. The minimum Gasteiger partial charge on any atom is -0.508 e. The zero-order valence-corrected chi connectivity index (χ0v) is 17.1. The third kappa shape index (κ3) is 6.53. The Morgan fingerprint density at radius 1 is 1.13 bits per heavy atom. The number of aliphatic carboxylic acids is 1. The second-order valence-corrected chi connectivity index (χ2v) is 7.56. The molecule has 2 aromatic carbocycles. The van der Waals surface area contributed by atoms with Gasteiger partial charge in [-0.1, -0.05) is 48.6 Å². The van der Waals surface area contributed by atoms with Crippen LogP contribution < -0.4 is 16.4 Å². The number of phenols is 1. The number of allylic oxidation sites excluding steroid dienone is 3. The minimum absolute atomic E-state index is 0.104. The molecule has 0 saturated carbocycles. The molecule has 1 aliphatic carbocycles. The molecule has 7 nitrogen and oxygen atoms in total. The van der Waals surface area contributed by atoms with Gasteiger partial charge in [0.1, 0.15) is 5.75 Å². The van der Waals surface area contributed by atoms with E-state index in [9.17, 15) is 14.7 Å². The molecule has 2 aromatic rings. The van der Waals surface area contributed by atoms with E-state index in [0.29, 0.717) is 12.1 Å². The summed E-state index contributed by atoms with van der Waals surface area (Å²) in [5.41, 5.74) is 8.40. The van der Waals surface area contributed by atoms with Gasteiger partial charge in [0.2, 0.25) is 5.91 Å². The Morgan fingerprint density at radius 3 is 2.58 bits per heavy atom. The van der Waals surface area contributed by atoms with Crippen molar-refractivity contribution in [3.05, 3.63) is 84.0 Å². The van der Waals surface area contributed by atoms with Crippen molar-refractivity contribution in [1.82, 2.24) is 5.32 Å². The van der Waals surface area contributed by atoms with Gasteiger partial charge in [0.25, 0.3) is 0 Å². The van der Waals surface area contributed by atoms with Crippen LogP contribution in [0, 0.1) is 5.92 Å². The molecule has 0 bridgehead atoms. The molecule has 0 spiro atoms. The molecule has 0 fully saturated rings. The van der Waals surface area contributed by atoms with Crippen molar-refractivity contribution in [2.45, 2.75) is 24.9 Å². The number of rotatable bonds is 9. The number of nitrogens with two attached hydrogens (primary N) is 1. The number of phenolic OH excluding ortho intramolecular Hbond substituents is 1. The van der Waals surface area contributed by atoms with Crippen LogP contribution in [0.1, 0.15) is 23.6 Å². The third-order valence-electron chi connectivity index (χ3n) is 5.16. The van der Waals surface area contributed by atoms with Crippen molar-refractivity contribution in [2.24, 2.45) is 11.7 Å². The highest BCUT2D eigenvalue weighted by atomic mass is 16.4. The highest BCUT2D eigenvalue weighted by Gasteiger charge is 2.22. The maximum absolute atomic E-state index is 12.6. The van der Waals surface area contributed by atoms with Gasteiger partial charge in [0.05, 0.1) is 12.6 Å². The number of carbonyl (C=O) groups excluding carboxylic acids is 1. The average Bonchev–Trinajstić information content (AvgIpc) is 2.76. The smallest absolute Gasteiger partial charge is 0.317 e. The third-order valence-corrected chi connectivity index (χ3v) is 5.16. The van der Waals surface area contributed by atoms with Crippen molar-refractivity contribution in [3.63, 3.8) is 0 Å². The van der Waals surface area contributed by atoms with Crippen LogP contribution in [0.15, 0.2) is 72.8 Å². The van der Waals surface area contributed by atoms with Gasteiger partial charge in [-0.3, -0.25) is 14.9 Å². The first-order chi connectivity index (χ1) is 14.9. The van der Waals surface area contributed by atoms with Crippen LogP contribution in [0.5, 0.6) is 5.75 Å². The molecular weight excluding hydrogens is 394 g/mol. The first kappa shape index (κ1) is 22.3. The van der Waals surface area contributed by atoms with Crippen LogP contribution in [0.2, 0.25) is 0 Å². The van der Waals surface area contributed by atoms with Gasteiger partial charge in [-0.05, 0) is 48.2 Å². The van der Waals surface area contributed by atoms with E-state index in [1.165, 1.54) is 0 Å². The summed E-state index contributed by atoms with van der Waals surface area (Å²) in [6, 6.07) is 13.0. The monoisotopic (exact) mass is 421 g/mol. The van der Waals surface area contributed by atoms with Crippen molar-refractivity contribution in [1.29, 1.82) is 0 Å². The quantitative estimate of drug-likeness (QED) is 0.424. The van der Waals surface area contributed by atoms with E-state index in [0.717, 1.165) is 17.5 Å².